The Balaban J connectivity index is 1.36. The van der Waals surface area contributed by atoms with Gasteiger partial charge in [0.1, 0.15) is 5.69 Å². The summed E-state index contributed by atoms with van der Waals surface area (Å²) in [5, 5.41) is 12.7. The van der Waals surface area contributed by atoms with Crippen molar-refractivity contribution in [2.75, 3.05) is 0 Å². The highest BCUT2D eigenvalue weighted by Gasteiger charge is 2.29. The van der Waals surface area contributed by atoms with E-state index in [0.29, 0.717) is 6.42 Å². The molecule has 1 amide bonds. The number of pyridine rings is 1. The maximum atomic E-state index is 11.7. The molecule has 152 valence electrons. The molecule has 1 aliphatic rings. The van der Waals surface area contributed by atoms with Crippen LogP contribution in [-0.4, -0.2) is 36.9 Å². The first kappa shape index (κ1) is 18.5. The Morgan fingerprint density at radius 1 is 1.17 bits per heavy atom. The predicted octanol–water partition coefficient (Wildman–Crippen LogP) is 4.11. The van der Waals surface area contributed by atoms with Gasteiger partial charge in [-0.3, -0.25) is 9.78 Å². The van der Waals surface area contributed by atoms with Crippen LogP contribution in [0, 0.1) is 0 Å². The molecule has 0 spiro atoms. The lowest BCUT2D eigenvalue weighted by Crippen LogP contribution is -2.32. The van der Waals surface area contributed by atoms with Crippen molar-refractivity contribution in [2.45, 2.75) is 44.7 Å². The summed E-state index contributed by atoms with van der Waals surface area (Å²) in [6.45, 7) is 1.88. The third-order valence-electron chi connectivity index (χ3n) is 5.92. The molecule has 2 atom stereocenters. The van der Waals surface area contributed by atoms with Crippen LogP contribution in [0.3, 0.4) is 0 Å². The number of rotatable bonds is 5. The van der Waals surface area contributed by atoms with E-state index in [1.165, 1.54) is 5.39 Å². The summed E-state index contributed by atoms with van der Waals surface area (Å²) in [6.07, 6.45) is 8.94. The number of benzene rings is 1. The van der Waals surface area contributed by atoms with Crippen LogP contribution in [0.5, 0.6) is 0 Å². The molecule has 3 aromatic heterocycles. The second-order valence-corrected chi connectivity index (χ2v) is 7.86. The second kappa shape index (κ2) is 7.74. The quantitative estimate of drug-likeness (QED) is 0.528. The van der Waals surface area contributed by atoms with Crippen molar-refractivity contribution in [2.24, 2.45) is 0 Å². The van der Waals surface area contributed by atoms with Gasteiger partial charge in [-0.1, -0.05) is 24.3 Å². The minimum absolute atomic E-state index is 0.106. The Hall–Kier alpha value is -3.48. The molecule has 0 radical (unpaired) electrons. The number of aromatic amines is 1. The third-order valence-corrected chi connectivity index (χ3v) is 5.92. The molecule has 0 bridgehead atoms. The van der Waals surface area contributed by atoms with Crippen LogP contribution in [0.2, 0.25) is 0 Å². The first-order valence-electron chi connectivity index (χ1n) is 10.4. The normalized spacial score (nSPS) is 18.7. The minimum atomic E-state index is 0.106. The molecular formula is C23H24N6O. The van der Waals surface area contributed by atoms with Crippen LogP contribution in [0.15, 0.2) is 55.0 Å². The molecule has 7 nitrogen and oxygen atoms in total. The van der Waals surface area contributed by atoms with E-state index < -0.39 is 0 Å². The maximum Gasteiger partial charge on any atom is 0.219 e. The van der Waals surface area contributed by atoms with Gasteiger partial charge in [0.15, 0.2) is 0 Å². The highest BCUT2D eigenvalue weighted by Crippen LogP contribution is 2.33. The van der Waals surface area contributed by atoms with Gasteiger partial charge in [-0.25, -0.2) is 4.68 Å². The first-order chi connectivity index (χ1) is 14.7. The number of nitrogens with one attached hydrogen (secondary N) is 2. The molecule has 3 heterocycles. The molecule has 1 fully saturated rings. The van der Waals surface area contributed by atoms with Crippen LogP contribution < -0.4 is 5.32 Å². The number of carbonyl (C=O) groups excluding carboxylic acids is 1. The summed E-state index contributed by atoms with van der Waals surface area (Å²) >= 11 is 0. The van der Waals surface area contributed by atoms with E-state index in [1.807, 2.05) is 30.1 Å². The Labute approximate surface area is 174 Å². The number of aromatic nitrogens is 5. The number of H-pyrrole nitrogens is 1. The van der Waals surface area contributed by atoms with Crippen molar-refractivity contribution in [3.63, 3.8) is 0 Å². The molecule has 0 aliphatic heterocycles. The van der Waals surface area contributed by atoms with Gasteiger partial charge in [0.2, 0.25) is 5.91 Å². The summed E-state index contributed by atoms with van der Waals surface area (Å²) in [5.74, 6) is 0.106. The van der Waals surface area contributed by atoms with E-state index in [2.05, 4.69) is 50.9 Å². The van der Waals surface area contributed by atoms with Gasteiger partial charge in [0, 0.05) is 35.9 Å². The SMILES string of the molecule is CCC(=O)N[C@H]1CC[C@@H](n2nncc2-c2ccc(-c3ccc4[nH]ccc4c3)cn2)C1. The molecule has 4 aromatic rings. The molecule has 2 N–H and O–H groups in total. The van der Waals surface area contributed by atoms with Crippen LogP contribution in [0.25, 0.3) is 33.4 Å². The van der Waals surface area contributed by atoms with Crippen molar-refractivity contribution >= 4 is 16.8 Å². The fraction of sp³-hybridized carbons (Fsp3) is 0.304. The van der Waals surface area contributed by atoms with Gasteiger partial charge in [-0.2, -0.15) is 0 Å². The molecule has 5 rings (SSSR count). The fourth-order valence-corrected chi connectivity index (χ4v) is 4.29. The van der Waals surface area contributed by atoms with Gasteiger partial charge in [-0.05, 0) is 54.5 Å². The fourth-order valence-electron chi connectivity index (χ4n) is 4.29. The molecule has 0 unspecified atom stereocenters. The van der Waals surface area contributed by atoms with E-state index in [0.717, 1.165) is 47.3 Å². The average Bonchev–Trinajstić information content (AvgIpc) is 3.53. The van der Waals surface area contributed by atoms with Gasteiger partial charge < -0.3 is 10.3 Å². The highest BCUT2D eigenvalue weighted by atomic mass is 16.1. The van der Waals surface area contributed by atoms with E-state index >= 15 is 0 Å². The van der Waals surface area contributed by atoms with Crippen LogP contribution in [0.4, 0.5) is 0 Å². The largest absolute Gasteiger partial charge is 0.361 e. The predicted molar refractivity (Wildman–Crippen MR) is 116 cm³/mol. The lowest BCUT2D eigenvalue weighted by Gasteiger charge is -2.15. The van der Waals surface area contributed by atoms with Crippen molar-refractivity contribution in [1.82, 2.24) is 30.3 Å². The van der Waals surface area contributed by atoms with E-state index in [4.69, 9.17) is 4.98 Å². The Morgan fingerprint density at radius 3 is 2.90 bits per heavy atom. The molecule has 7 heteroatoms. The van der Waals surface area contributed by atoms with Crippen molar-refractivity contribution in [1.29, 1.82) is 0 Å². The van der Waals surface area contributed by atoms with Crippen LogP contribution in [-0.2, 0) is 4.79 Å². The Morgan fingerprint density at radius 2 is 2.07 bits per heavy atom. The Kier molecular flexibility index (Phi) is 4.78. The number of hydrogen-bond donors (Lipinski definition) is 2. The summed E-state index contributed by atoms with van der Waals surface area (Å²) < 4.78 is 1.96. The first-order valence-corrected chi connectivity index (χ1v) is 10.4. The zero-order valence-corrected chi connectivity index (χ0v) is 16.9. The number of nitrogens with zero attached hydrogens (tertiary/aromatic N) is 4. The molecule has 1 saturated carbocycles. The number of amides is 1. The maximum absolute atomic E-state index is 11.7. The molecule has 30 heavy (non-hydrogen) atoms. The van der Waals surface area contributed by atoms with Crippen LogP contribution >= 0.6 is 0 Å². The monoisotopic (exact) mass is 400 g/mol. The van der Waals surface area contributed by atoms with Gasteiger partial charge in [0.05, 0.1) is 17.9 Å². The second-order valence-electron chi connectivity index (χ2n) is 7.86. The summed E-state index contributed by atoms with van der Waals surface area (Å²) in [7, 11) is 0. The van der Waals surface area contributed by atoms with Crippen LogP contribution in [0.1, 0.15) is 38.6 Å². The average molecular weight is 400 g/mol. The van der Waals surface area contributed by atoms with E-state index in [-0.39, 0.29) is 18.0 Å². The molecule has 1 aromatic carbocycles. The van der Waals surface area contributed by atoms with Crippen molar-refractivity contribution < 1.29 is 4.79 Å². The minimum Gasteiger partial charge on any atom is -0.361 e. The lowest BCUT2D eigenvalue weighted by atomic mass is 10.1. The number of fused-ring (bicyclic) bond motifs is 1. The van der Waals surface area contributed by atoms with Gasteiger partial charge >= 0.3 is 0 Å². The van der Waals surface area contributed by atoms with Gasteiger partial charge in [0.25, 0.3) is 0 Å². The molecular weight excluding hydrogens is 376 g/mol. The number of hydrogen-bond acceptors (Lipinski definition) is 4. The van der Waals surface area contributed by atoms with Crippen molar-refractivity contribution in [3.8, 4) is 22.5 Å². The smallest absolute Gasteiger partial charge is 0.219 e. The standard InChI is InChI=1S/C23H24N6O/c1-2-23(30)27-18-5-6-19(12-18)29-22(14-26-28-29)21-8-4-17(13-25-21)15-3-7-20-16(11-15)9-10-24-20/h3-4,7-11,13-14,18-19,24H,2,5-6,12H2,1H3,(H,27,30)/t18-,19+/m0/s1. The number of carbonyl (C=O) groups is 1. The Bertz CT molecular complexity index is 1180. The zero-order valence-electron chi connectivity index (χ0n) is 16.9. The zero-order chi connectivity index (χ0) is 20.5. The van der Waals surface area contributed by atoms with E-state index in [9.17, 15) is 4.79 Å². The summed E-state index contributed by atoms with van der Waals surface area (Å²) in [5.41, 5.74) is 5.10. The van der Waals surface area contributed by atoms with E-state index in [1.54, 1.807) is 6.20 Å². The van der Waals surface area contributed by atoms with Crippen molar-refractivity contribution in [3.05, 3.63) is 55.0 Å². The molecule has 1 aliphatic carbocycles. The lowest BCUT2D eigenvalue weighted by molar-refractivity contribution is -0.121. The summed E-state index contributed by atoms with van der Waals surface area (Å²) in [6, 6.07) is 13.0. The molecule has 0 saturated heterocycles. The third kappa shape index (κ3) is 3.47. The highest BCUT2D eigenvalue weighted by molar-refractivity contribution is 5.85. The topological polar surface area (TPSA) is 88.5 Å². The summed E-state index contributed by atoms with van der Waals surface area (Å²) in [4.78, 5) is 19.6. The van der Waals surface area contributed by atoms with Gasteiger partial charge in [-0.15, -0.1) is 5.10 Å².